The Labute approximate surface area is 137 Å². The van der Waals surface area contributed by atoms with E-state index in [1.54, 1.807) is 12.1 Å². The van der Waals surface area contributed by atoms with Gasteiger partial charge in [0.05, 0.1) is 18.2 Å². The number of benzene rings is 1. The van der Waals surface area contributed by atoms with E-state index in [0.29, 0.717) is 23.8 Å². The number of amides is 1. The summed E-state index contributed by atoms with van der Waals surface area (Å²) in [4.78, 5) is 23.1. The Morgan fingerprint density at radius 3 is 2.87 bits per heavy atom. The molecule has 2 N–H and O–H groups in total. The highest BCUT2D eigenvalue weighted by Crippen LogP contribution is 2.33. The number of furan rings is 1. The van der Waals surface area contributed by atoms with Crippen LogP contribution in [0.2, 0.25) is 5.02 Å². The smallest absolute Gasteiger partial charge is 0.338 e. The van der Waals surface area contributed by atoms with Crippen molar-refractivity contribution in [2.45, 2.75) is 18.9 Å². The summed E-state index contributed by atoms with van der Waals surface area (Å²) < 4.78 is 10.7. The summed E-state index contributed by atoms with van der Waals surface area (Å²) >= 11 is 5.97. The van der Waals surface area contributed by atoms with Crippen molar-refractivity contribution in [3.63, 3.8) is 0 Å². The van der Waals surface area contributed by atoms with E-state index >= 15 is 0 Å². The average molecular weight is 336 g/mol. The quantitative estimate of drug-likeness (QED) is 0.898. The number of ether oxygens (including phenoxy) is 1. The van der Waals surface area contributed by atoms with Gasteiger partial charge in [-0.3, -0.25) is 4.79 Å². The number of hydrogen-bond donors (Lipinski definition) is 2. The maximum absolute atomic E-state index is 12.3. The summed E-state index contributed by atoms with van der Waals surface area (Å²) in [5.74, 6) is -1.00. The fourth-order valence-electron chi connectivity index (χ4n) is 2.49. The second-order valence-electron chi connectivity index (χ2n) is 5.20. The molecule has 2 aromatic rings. The van der Waals surface area contributed by atoms with Crippen molar-refractivity contribution < 1.29 is 23.8 Å². The Bertz CT molecular complexity index is 755. The maximum Gasteiger partial charge on any atom is 0.338 e. The molecule has 0 saturated heterocycles. The van der Waals surface area contributed by atoms with Gasteiger partial charge in [0.1, 0.15) is 12.0 Å². The number of nitrogens with one attached hydrogen (secondary N) is 1. The zero-order chi connectivity index (χ0) is 16.4. The molecule has 1 aliphatic heterocycles. The molecule has 1 aromatic heterocycles. The van der Waals surface area contributed by atoms with Crippen LogP contribution < -0.4 is 10.1 Å². The first-order valence-corrected chi connectivity index (χ1v) is 7.47. The van der Waals surface area contributed by atoms with E-state index in [-0.39, 0.29) is 17.4 Å². The first-order chi connectivity index (χ1) is 11.0. The Morgan fingerprint density at radius 2 is 2.13 bits per heavy atom. The van der Waals surface area contributed by atoms with E-state index < -0.39 is 11.9 Å². The Kier molecular flexibility index (Phi) is 4.25. The number of carbonyl (C=O) groups excluding carboxylic acids is 1. The molecule has 1 unspecified atom stereocenters. The van der Waals surface area contributed by atoms with E-state index in [1.165, 1.54) is 6.07 Å². The normalized spacial score (nSPS) is 16.8. The van der Waals surface area contributed by atoms with Gasteiger partial charge >= 0.3 is 5.97 Å². The number of fused-ring (bicyclic) bond motifs is 1. The minimum Gasteiger partial charge on any atom is -0.493 e. The number of carboxylic acids is 1. The lowest BCUT2D eigenvalue weighted by molar-refractivity contribution is 0.0695. The predicted molar refractivity (Wildman–Crippen MR) is 82.1 cm³/mol. The zero-order valence-electron chi connectivity index (χ0n) is 12.0. The van der Waals surface area contributed by atoms with Crippen LogP contribution in [-0.2, 0) is 0 Å². The minimum absolute atomic E-state index is 0.0388. The number of aromatic carboxylic acids is 1. The van der Waals surface area contributed by atoms with Crippen LogP contribution >= 0.6 is 11.6 Å². The van der Waals surface area contributed by atoms with Gasteiger partial charge in [-0.15, -0.1) is 0 Å². The van der Waals surface area contributed by atoms with Crippen LogP contribution in [0.4, 0.5) is 0 Å². The van der Waals surface area contributed by atoms with Gasteiger partial charge in [-0.05, 0) is 25.0 Å². The molecule has 1 amide bonds. The molecule has 2 heterocycles. The second kappa shape index (κ2) is 6.34. The minimum atomic E-state index is -1.14. The largest absolute Gasteiger partial charge is 0.493 e. The summed E-state index contributed by atoms with van der Waals surface area (Å²) in [5.41, 5.74) is 0.775. The molecule has 1 aromatic carbocycles. The monoisotopic (exact) mass is 335 g/mol. The Balaban J connectivity index is 1.81. The number of hydrogen-bond acceptors (Lipinski definition) is 4. The standard InChI is InChI=1S/C16H14ClNO5/c17-10-3-4-11-12(2-1-5-22-13(11)7-10)18-15(19)14-6-9(8-23-14)16(20)21/h3-4,6-8,12H,1-2,5H2,(H,18,19)(H,20,21). The summed E-state index contributed by atoms with van der Waals surface area (Å²) in [7, 11) is 0. The maximum atomic E-state index is 12.3. The Morgan fingerprint density at radius 1 is 1.30 bits per heavy atom. The predicted octanol–water partition coefficient (Wildman–Crippen LogP) is 3.27. The first-order valence-electron chi connectivity index (χ1n) is 7.09. The molecular weight excluding hydrogens is 322 g/mol. The van der Waals surface area contributed by atoms with Gasteiger partial charge in [0, 0.05) is 16.7 Å². The van der Waals surface area contributed by atoms with Gasteiger partial charge in [-0.1, -0.05) is 17.7 Å². The summed E-state index contributed by atoms with van der Waals surface area (Å²) in [6, 6.07) is 6.22. The number of rotatable bonds is 3. The van der Waals surface area contributed by atoms with Gasteiger partial charge in [0.2, 0.25) is 0 Å². The van der Waals surface area contributed by atoms with Gasteiger partial charge in [-0.25, -0.2) is 4.79 Å². The van der Waals surface area contributed by atoms with Crippen LogP contribution in [0, 0.1) is 0 Å². The fourth-order valence-corrected chi connectivity index (χ4v) is 2.66. The lowest BCUT2D eigenvalue weighted by Crippen LogP contribution is -2.28. The second-order valence-corrected chi connectivity index (χ2v) is 5.64. The van der Waals surface area contributed by atoms with Crippen LogP contribution in [0.5, 0.6) is 5.75 Å². The Hall–Kier alpha value is -2.47. The van der Waals surface area contributed by atoms with Crippen LogP contribution in [0.25, 0.3) is 0 Å². The highest BCUT2D eigenvalue weighted by molar-refractivity contribution is 6.30. The third-order valence-electron chi connectivity index (χ3n) is 3.62. The van der Waals surface area contributed by atoms with E-state index in [2.05, 4.69) is 5.32 Å². The average Bonchev–Trinajstić information content (AvgIpc) is 2.93. The molecule has 0 saturated carbocycles. The van der Waals surface area contributed by atoms with Crippen molar-refractivity contribution >= 4 is 23.5 Å². The summed E-state index contributed by atoms with van der Waals surface area (Å²) in [6.07, 6.45) is 2.52. The molecule has 1 atom stereocenters. The molecular formula is C16H14ClNO5. The van der Waals surface area contributed by atoms with E-state index in [0.717, 1.165) is 18.2 Å². The number of halogens is 1. The number of carboxylic acid groups (broad SMARTS) is 1. The summed E-state index contributed by atoms with van der Waals surface area (Å²) in [5, 5.41) is 12.3. The third kappa shape index (κ3) is 3.32. The van der Waals surface area contributed by atoms with Crippen LogP contribution in [-0.4, -0.2) is 23.6 Å². The SMILES string of the molecule is O=C(O)c1coc(C(=O)NC2CCCOc3cc(Cl)ccc32)c1. The van der Waals surface area contributed by atoms with Gasteiger partial charge < -0.3 is 19.6 Å². The molecule has 0 aliphatic carbocycles. The van der Waals surface area contributed by atoms with Gasteiger partial charge in [-0.2, -0.15) is 0 Å². The van der Waals surface area contributed by atoms with Gasteiger partial charge in [0.25, 0.3) is 5.91 Å². The van der Waals surface area contributed by atoms with Crippen molar-refractivity contribution in [1.29, 1.82) is 0 Å². The van der Waals surface area contributed by atoms with E-state index in [9.17, 15) is 9.59 Å². The van der Waals surface area contributed by atoms with Crippen molar-refractivity contribution in [3.05, 3.63) is 52.4 Å². The molecule has 0 bridgehead atoms. The molecule has 0 radical (unpaired) electrons. The molecule has 1 aliphatic rings. The van der Waals surface area contributed by atoms with Crippen LogP contribution in [0.1, 0.15) is 45.4 Å². The van der Waals surface area contributed by atoms with Gasteiger partial charge in [0.15, 0.2) is 5.76 Å². The van der Waals surface area contributed by atoms with Crippen molar-refractivity contribution in [3.8, 4) is 5.75 Å². The third-order valence-corrected chi connectivity index (χ3v) is 3.86. The van der Waals surface area contributed by atoms with Crippen LogP contribution in [0.3, 0.4) is 0 Å². The molecule has 0 spiro atoms. The highest BCUT2D eigenvalue weighted by Gasteiger charge is 2.24. The molecule has 3 rings (SSSR count). The molecule has 6 nitrogen and oxygen atoms in total. The van der Waals surface area contributed by atoms with Crippen LogP contribution in [0.15, 0.2) is 34.9 Å². The van der Waals surface area contributed by atoms with E-state index in [1.807, 2.05) is 6.07 Å². The number of carbonyl (C=O) groups is 2. The highest BCUT2D eigenvalue weighted by atomic mass is 35.5. The van der Waals surface area contributed by atoms with Crippen molar-refractivity contribution in [2.75, 3.05) is 6.61 Å². The van der Waals surface area contributed by atoms with E-state index in [4.69, 9.17) is 25.9 Å². The molecule has 23 heavy (non-hydrogen) atoms. The van der Waals surface area contributed by atoms with Crippen molar-refractivity contribution in [1.82, 2.24) is 5.32 Å². The molecule has 7 heteroatoms. The lowest BCUT2D eigenvalue weighted by atomic mass is 10.0. The fraction of sp³-hybridized carbons (Fsp3) is 0.250. The topological polar surface area (TPSA) is 88.8 Å². The molecule has 120 valence electrons. The first kappa shape index (κ1) is 15.4. The summed E-state index contributed by atoms with van der Waals surface area (Å²) in [6.45, 7) is 0.545. The van der Waals surface area contributed by atoms with Crippen molar-refractivity contribution in [2.24, 2.45) is 0 Å². The lowest BCUT2D eigenvalue weighted by Gasteiger charge is -2.17. The zero-order valence-corrected chi connectivity index (χ0v) is 12.8. The molecule has 0 fully saturated rings.